The Balaban J connectivity index is 1.47. The summed E-state index contributed by atoms with van der Waals surface area (Å²) in [6.07, 6.45) is 0. The number of carbonyl (C=O) groups is 1. The summed E-state index contributed by atoms with van der Waals surface area (Å²) in [5, 5.41) is 11.9. The Labute approximate surface area is 193 Å². The molecule has 4 aromatic rings. The topological polar surface area (TPSA) is 72.1 Å². The molecule has 0 aliphatic rings. The molecule has 2 aromatic heterocycles. The van der Waals surface area contributed by atoms with Crippen LogP contribution in [0.1, 0.15) is 23.7 Å². The minimum atomic E-state index is -0.0787. The zero-order chi connectivity index (χ0) is 22.0. The van der Waals surface area contributed by atoms with E-state index in [1.165, 1.54) is 23.1 Å². The van der Waals surface area contributed by atoms with Gasteiger partial charge in [0.2, 0.25) is 11.8 Å². The van der Waals surface area contributed by atoms with E-state index >= 15 is 0 Å². The molecule has 0 radical (unpaired) electrons. The monoisotopic (exact) mass is 470 g/mol. The van der Waals surface area contributed by atoms with Crippen molar-refractivity contribution in [3.8, 4) is 11.5 Å². The summed E-state index contributed by atoms with van der Waals surface area (Å²) >= 11 is 8.75. The van der Waals surface area contributed by atoms with Crippen LogP contribution in [0.25, 0.3) is 11.5 Å². The van der Waals surface area contributed by atoms with Gasteiger partial charge in [-0.3, -0.25) is 9.69 Å². The summed E-state index contributed by atoms with van der Waals surface area (Å²) in [6.45, 7) is 5.58. The zero-order valence-corrected chi connectivity index (χ0v) is 19.5. The van der Waals surface area contributed by atoms with Crippen molar-refractivity contribution in [1.29, 1.82) is 0 Å². The third-order valence-corrected chi connectivity index (χ3v) is 6.46. The summed E-state index contributed by atoms with van der Waals surface area (Å²) in [6, 6.07) is 13.2. The van der Waals surface area contributed by atoms with Crippen molar-refractivity contribution in [3.63, 3.8) is 0 Å². The lowest BCUT2D eigenvalue weighted by molar-refractivity contribution is -0.115. The maximum atomic E-state index is 12.4. The first-order valence-corrected chi connectivity index (χ1v) is 11.7. The van der Waals surface area contributed by atoms with Crippen molar-refractivity contribution in [2.45, 2.75) is 31.7 Å². The van der Waals surface area contributed by atoms with Gasteiger partial charge in [0.25, 0.3) is 5.22 Å². The highest BCUT2D eigenvalue weighted by Gasteiger charge is 2.20. The van der Waals surface area contributed by atoms with Crippen LogP contribution in [0.4, 0.5) is 10.8 Å². The summed E-state index contributed by atoms with van der Waals surface area (Å²) in [5.74, 6) is 0.915. The molecule has 6 nitrogen and oxygen atoms in total. The molecule has 0 spiro atoms. The second kappa shape index (κ2) is 9.21. The number of rotatable bonds is 6. The predicted octanol–water partition coefficient (Wildman–Crippen LogP) is 6.44. The number of benzene rings is 2. The Morgan fingerprint density at radius 2 is 1.94 bits per heavy atom. The van der Waals surface area contributed by atoms with Gasteiger partial charge in [0, 0.05) is 28.6 Å². The molecular weight excluding hydrogens is 452 g/mol. The third kappa shape index (κ3) is 4.98. The fourth-order valence-electron chi connectivity index (χ4n) is 3.04. The van der Waals surface area contributed by atoms with Gasteiger partial charge in [-0.05, 0) is 49.7 Å². The largest absolute Gasteiger partial charge is 0.411 e. The quantitative estimate of drug-likeness (QED) is 0.302. The first-order valence-electron chi connectivity index (χ1n) is 9.45. The molecule has 0 aliphatic heterocycles. The Kier molecular flexibility index (Phi) is 6.41. The number of hydrogen-bond donors (Lipinski definition) is 0. The predicted molar refractivity (Wildman–Crippen MR) is 125 cm³/mol. The standard InChI is InChI=1S/C22H19ClN4O2S2/c1-13-4-9-19(14(2)10-13)27(15(3)28)21-24-18(11-30-21)12-31-22-26-25-20(29-22)16-5-7-17(23)8-6-16/h4-11H,12H2,1-3H3. The van der Waals surface area contributed by atoms with E-state index in [1.807, 2.05) is 43.5 Å². The lowest BCUT2D eigenvalue weighted by Gasteiger charge is -2.20. The van der Waals surface area contributed by atoms with Crippen LogP contribution in [0.3, 0.4) is 0 Å². The van der Waals surface area contributed by atoms with E-state index in [9.17, 15) is 4.79 Å². The molecule has 0 aliphatic carbocycles. The average Bonchev–Trinajstić information content (AvgIpc) is 3.38. The molecule has 0 N–H and O–H groups in total. The van der Waals surface area contributed by atoms with Crippen LogP contribution in [-0.2, 0) is 10.5 Å². The van der Waals surface area contributed by atoms with Crippen molar-refractivity contribution < 1.29 is 9.21 Å². The molecule has 0 unspecified atom stereocenters. The van der Waals surface area contributed by atoms with Crippen molar-refractivity contribution in [3.05, 3.63) is 69.7 Å². The number of aromatic nitrogens is 3. The van der Waals surface area contributed by atoms with Crippen LogP contribution in [0.15, 0.2) is 57.5 Å². The minimum Gasteiger partial charge on any atom is -0.411 e. The maximum absolute atomic E-state index is 12.4. The number of thiazole rings is 1. The smallest absolute Gasteiger partial charge is 0.277 e. The normalized spacial score (nSPS) is 11.0. The number of carbonyl (C=O) groups excluding carboxylic acids is 1. The van der Waals surface area contributed by atoms with Gasteiger partial charge in [0.15, 0.2) is 5.13 Å². The highest BCUT2D eigenvalue weighted by atomic mass is 35.5. The number of aryl methyl sites for hydroxylation is 2. The molecular formula is C22H19ClN4O2S2. The molecule has 0 atom stereocenters. The summed E-state index contributed by atoms with van der Waals surface area (Å²) in [7, 11) is 0. The van der Waals surface area contributed by atoms with E-state index < -0.39 is 0 Å². The number of anilines is 2. The highest BCUT2D eigenvalue weighted by molar-refractivity contribution is 7.98. The third-order valence-electron chi connectivity index (χ3n) is 4.48. The second-order valence-electron chi connectivity index (χ2n) is 6.93. The van der Waals surface area contributed by atoms with E-state index in [0.717, 1.165) is 28.1 Å². The molecule has 9 heteroatoms. The summed E-state index contributed by atoms with van der Waals surface area (Å²) in [5.41, 5.74) is 4.68. The molecule has 158 valence electrons. The van der Waals surface area contributed by atoms with E-state index in [2.05, 4.69) is 21.2 Å². The summed E-state index contributed by atoms with van der Waals surface area (Å²) in [4.78, 5) is 18.7. The van der Waals surface area contributed by atoms with Crippen LogP contribution in [-0.4, -0.2) is 21.1 Å². The van der Waals surface area contributed by atoms with E-state index in [0.29, 0.717) is 27.0 Å². The Bertz CT molecular complexity index is 1220. The van der Waals surface area contributed by atoms with E-state index in [4.69, 9.17) is 16.0 Å². The zero-order valence-electron chi connectivity index (χ0n) is 17.1. The van der Waals surface area contributed by atoms with Crippen molar-refractivity contribution in [1.82, 2.24) is 15.2 Å². The van der Waals surface area contributed by atoms with Crippen LogP contribution < -0.4 is 4.90 Å². The SMILES string of the molecule is CC(=O)N(c1nc(CSc2nnc(-c3ccc(Cl)cc3)o2)cs1)c1ccc(C)cc1C. The van der Waals surface area contributed by atoms with Crippen molar-refractivity contribution in [2.75, 3.05) is 4.90 Å². The fourth-order valence-corrected chi connectivity index (χ4v) is 4.81. The number of halogens is 1. The second-order valence-corrected chi connectivity index (χ2v) is 9.13. The van der Waals surface area contributed by atoms with Crippen molar-refractivity contribution in [2.24, 2.45) is 0 Å². The van der Waals surface area contributed by atoms with Gasteiger partial charge < -0.3 is 4.42 Å². The summed E-state index contributed by atoms with van der Waals surface area (Å²) < 4.78 is 5.73. The minimum absolute atomic E-state index is 0.0787. The fraction of sp³-hybridized carbons (Fsp3) is 0.182. The lowest BCUT2D eigenvalue weighted by Crippen LogP contribution is -2.23. The van der Waals surface area contributed by atoms with Crippen LogP contribution in [0.2, 0.25) is 5.02 Å². The van der Waals surface area contributed by atoms with Crippen molar-refractivity contribution >= 4 is 51.4 Å². The van der Waals surface area contributed by atoms with Gasteiger partial charge >= 0.3 is 0 Å². The van der Waals surface area contributed by atoms with Gasteiger partial charge in [-0.1, -0.05) is 41.1 Å². The van der Waals surface area contributed by atoms with Gasteiger partial charge in [-0.25, -0.2) is 4.98 Å². The number of thioether (sulfide) groups is 1. The number of amides is 1. The number of nitrogens with zero attached hydrogens (tertiary/aromatic N) is 4. The average molecular weight is 471 g/mol. The number of hydrogen-bond acceptors (Lipinski definition) is 7. The van der Waals surface area contributed by atoms with Crippen LogP contribution in [0.5, 0.6) is 0 Å². The molecule has 0 saturated heterocycles. The van der Waals surface area contributed by atoms with Crippen LogP contribution >= 0.6 is 34.7 Å². The first kappa shape index (κ1) is 21.5. The van der Waals surface area contributed by atoms with E-state index in [1.54, 1.807) is 24.0 Å². The Morgan fingerprint density at radius 1 is 1.16 bits per heavy atom. The van der Waals surface area contributed by atoms with Gasteiger partial charge in [0.05, 0.1) is 11.4 Å². The van der Waals surface area contributed by atoms with E-state index in [-0.39, 0.29) is 5.91 Å². The van der Waals surface area contributed by atoms with Gasteiger partial charge in [-0.2, -0.15) is 0 Å². The Hall–Kier alpha value is -2.68. The molecule has 0 fully saturated rings. The molecule has 4 rings (SSSR count). The molecule has 1 amide bonds. The highest BCUT2D eigenvalue weighted by Crippen LogP contribution is 2.33. The Morgan fingerprint density at radius 3 is 2.65 bits per heavy atom. The maximum Gasteiger partial charge on any atom is 0.277 e. The molecule has 0 bridgehead atoms. The molecule has 0 saturated carbocycles. The molecule has 2 heterocycles. The van der Waals surface area contributed by atoms with Gasteiger partial charge in [-0.15, -0.1) is 21.5 Å². The molecule has 2 aromatic carbocycles. The molecule has 31 heavy (non-hydrogen) atoms. The lowest BCUT2D eigenvalue weighted by atomic mass is 10.1. The van der Waals surface area contributed by atoms with Gasteiger partial charge in [0.1, 0.15) is 0 Å². The first-order chi connectivity index (χ1) is 14.9. The van der Waals surface area contributed by atoms with Crippen LogP contribution in [0, 0.1) is 13.8 Å².